The third kappa shape index (κ3) is 1.22. The van der Waals surface area contributed by atoms with Gasteiger partial charge in [0, 0.05) is 0 Å². The molecule has 0 bridgehead atoms. The zero-order chi connectivity index (χ0) is 10.3. The first-order valence-corrected chi connectivity index (χ1v) is 3.84. The van der Waals surface area contributed by atoms with Crippen molar-refractivity contribution in [3.63, 3.8) is 0 Å². The van der Waals surface area contributed by atoms with Gasteiger partial charge in [0.15, 0.2) is 0 Å². The van der Waals surface area contributed by atoms with Crippen LogP contribution in [-0.4, -0.2) is 41.5 Å². The summed E-state index contributed by atoms with van der Waals surface area (Å²) >= 11 is 0. The second-order valence-corrected chi connectivity index (χ2v) is 2.88. The van der Waals surface area contributed by atoms with Crippen molar-refractivity contribution in [2.24, 2.45) is 0 Å². The van der Waals surface area contributed by atoms with Gasteiger partial charge in [-0.15, -0.1) is 0 Å². The Hall–Kier alpha value is -1.92. The molecule has 2 saturated heterocycles. The molecule has 0 aromatic rings. The Morgan fingerprint density at radius 2 is 1.79 bits per heavy atom. The number of cyclic esters (lactones) is 4. The van der Waals surface area contributed by atoms with Crippen LogP contribution in [0, 0.1) is 0 Å². The van der Waals surface area contributed by atoms with Crippen molar-refractivity contribution in [3.8, 4) is 0 Å². The number of rotatable bonds is 1. The Morgan fingerprint density at radius 3 is 2.21 bits per heavy atom. The van der Waals surface area contributed by atoms with E-state index in [9.17, 15) is 19.2 Å². The van der Waals surface area contributed by atoms with Gasteiger partial charge in [0.25, 0.3) is 0 Å². The smallest absolute Gasteiger partial charge is 0.392 e. The van der Waals surface area contributed by atoms with Gasteiger partial charge in [-0.2, -0.15) is 0 Å². The van der Waals surface area contributed by atoms with Gasteiger partial charge >= 0.3 is 24.0 Å². The minimum Gasteiger partial charge on any atom is -0.392 e. The molecule has 0 spiro atoms. The van der Waals surface area contributed by atoms with Gasteiger partial charge in [0.1, 0.15) is 12.6 Å². The number of carbonyl (C=O) groups is 4. The molecule has 1 amide bonds. The quantitative estimate of drug-likeness (QED) is 0.389. The molecule has 0 aromatic carbocycles. The van der Waals surface area contributed by atoms with E-state index < -0.39 is 30.0 Å². The van der Waals surface area contributed by atoms with E-state index in [1.807, 2.05) is 0 Å². The molecular weight excluding hydrogens is 194 g/mol. The van der Waals surface area contributed by atoms with E-state index >= 15 is 0 Å². The number of ether oxygens (including phenoxy) is 2. The molecule has 0 aliphatic carbocycles. The molecule has 2 aliphatic heterocycles. The topological polar surface area (TPSA) is 90.0 Å². The molecule has 0 N–H and O–H groups in total. The van der Waals surface area contributed by atoms with E-state index in [0.717, 1.165) is 4.90 Å². The maximum Gasteiger partial charge on any atom is 0.418 e. The predicted octanol–water partition coefficient (Wildman–Crippen LogP) is -1.19. The van der Waals surface area contributed by atoms with E-state index in [1.165, 1.54) is 0 Å². The van der Waals surface area contributed by atoms with Crippen molar-refractivity contribution >= 4 is 24.0 Å². The van der Waals surface area contributed by atoms with Crippen LogP contribution >= 0.6 is 0 Å². The Kier molecular flexibility index (Phi) is 1.73. The van der Waals surface area contributed by atoms with Crippen molar-refractivity contribution in [2.45, 2.75) is 12.5 Å². The summed E-state index contributed by atoms with van der Waals surface area (Å²) in [5.41, 5.74) is 0. The highest BCUT2D eigenvalue weighted by atomic mass is 16.6. The monoisotopic (exact) mass is 199 g/mol. The fourth-order valence-electron chi connectivity index (χ4n) is 1.33. The van der Waals surface area contributed by atoms with Gasteiger partial charge in [-0.05, 0) is 0 Å². The number of carbonyl (C=O) groups excluding carboxylic acids is 4. The lowest BCUT2D eigenvalue weighted by Gasteiger charge is -2.14. The molecule has 14 heavy (non-hydrogen) atoms. The zero-order valence-electron chi connectivity index (χ0n) is 6.89. The lowest BCUT2D eigenvalue weighted by atomic mass is 10.2. The first-order chi connectivity index (χ1) is 6.58. The average molecular weight is 199 g/mol. The summed E-state index contributed by atoms with van der Waals surface area (Å²) in [6.45, 7) is -0.314. The van der Waals surface area contributed by atoms with Gasteiger partial charge < -0.3 is 9.47 Å². The van der Waals surface area contributed by atoms with Crippen molar-refractivity contribution in [3.05, 3.63) is 0 Å². The van der Waals surface area contributed by atoms with Gasteiger partial charge in [0.2, 0.25) is 0 Å². The molecule has 74 valence electrons. The second-order valence-electron chi connectivity index (χ2n) is 2.88. The lowest BCUT2D eigenvalue weighted by Crippen LogP contribution is -2.39. The molecule has 7 heteroatoms. The lowest BCUT2D eigenvalue weighted by molar-refractivity contribution is -0.153. The van der Waals surface area contributed by atoms with Crippen molar-refractivity contribution in [1.29, 1.82) is 0 Å². The van der Waals surface area contributed by atoms with Crippen LogP contribution in [0.3, 0.4) is 0 Å². The predicted molar refractivity (Wildman–Crippen MR) is 37.7 cm³/mol. The SMILES string of the molecule is O=C1CC(N2CC(=O)OC2=O)C(=O)O1. The number of amides is 1. The van der Waals surface area contributed by atoms with Gasteiger partial charge in [-0.25, -0.2) is 14.4 Å². The number of nitrogens with zero attached hydrogens (tertiary/aromatic N) is 1. The third-order valence-corrected chi connectivity index (χ3v) is 1.96. The minimum atomic E-state index is -1.01. The Morgan fingerprint density at radius 1 is 1.07 bits per heavy atom. The average Bonchev–Trinajstić information content (AvgIpc) is 2.55. The van der Waals surface area contributed by atoms with Crippen LogP contribution < -0.4 is 0 Å². The highest BCUT2D eigenvalue weighted by molar-refractivity contribution is 6.01. The highest BCUT2D eigenvalue weighted by Crippen LogP contribution is 2.19. The zero-order valence-corrected chi connectivity index (χ0v) is 6.89. The van der Waals surface area contributed by atoms with Crippen LogP contribution in [-0.2, 0) is 23.9 Å². The van der Waals surface area contributed by atoms with E-state index in [-0.39, 0.29) is 13.0 Å². The van der Waals surface area contributed by atoms with Crippen LogP contribution in [0.25, 0.3) is 0 Å². The second kappa shape index (κ2) is 2.79. The summed E-state index contributed by atoms with van der Waals surface area (Å²) in [6, 6.07) is -1.01. The summed E-state index contributed by atoms with van der Waals surface area (Å²) in [5.74, 6) is -2.25. The Bertz CT molecular complexity index is 314. The number of hydrogen-bond donors (Lipinski definition) is 0. The van der Waals surface area contributed by atoms with Crippen LogP contribution in [0.1, 0.15) is 6.42 Å². The molecule has 7 nitrogen and oxygen atoms in total. The van der Waals surface area contributed by atoms with E-state index in [1.54, 1.807) is 0 Å². The molecule has 0 aromatic heterocycles. The normalized spacial score (nSPS) is 26.9. The van der Waals surface area contributed by atoms with E-state index in [2.05, 4.69) is 9.47 Å². The molecule has 2 aliphatic rings. The molecular formula is C7H5NO6. The summed E-state index contributed by atoms with van der Waals surface area (Å²) in [4.78, 5) is 44.3. The van der Waals surface area contributed by atoms with Crippen LogP contribution in [0.2, 0.25) is 0 Å². The first kappa shape index (κ1) is 8.67. The van der Waals surface area contributed by atoms with Crippen molar-refractivity contribution in [1.82, 2.24) is 4.90 Å². The van der Waals surface area contributed by atoms with Gasteiger partial charge in [-0.1, -0.05) is 0 Å². The van der Waals surface area contributed by atoms with E-state index in [0.29, 0.717) is 0 Å². The van der Waals surface area contributed by atoms with E-state index in [4.69, 9.17) is 0 Å². The number of hydrogen-bond acceptors (Lipinski definition) is 6. The molecule has 2 fully saturated rings. The fourth-order valence-corrected chi connectivity index (χ4v) is 1.33. The molecule has 1 atom stereocenters. The van der Waals surface area contributed by atoms with Gasteiger partial charge in [-0.3, -0.25) is 9.69 Å². The molecule has 0 radical (unpaired) electrons. The molecule has 1 unspecified atom stereocenters. The van der Waals surface area contributed by atoms with Gasteiger partial charge in [0.05, 0.1) is 6.42 Å². The summed E-state index contributed by atoms with van der Waals surface area (Å²) in [7, 11) is 0. The summed E-state index contributed by atoms with van der Waals surface area (Å²) < 4.78 is 8.43. The minimum absolute atomic E-state index is 0.221. The highest BCUT2D eigenvalue weighted by Gasteiger charge is 2.45. The summed E-state index contributed by atoms with van der Waals surface area (Å²) in [6.07, 6.45) is -1.13. The molecule has 2 rings (SSSR count). The van der Waals surface area contributed by atoms with Crippen molar-refractivity contribution in [2.75, 3.05) is 6.54 Å². The molecule has 0 saturated carbocycles. The first-order valence-electron chi connectivity index (χ1n) is 3.84. The number of esters is 3. The maximum atomic E-state index is 11.0. The van der Waals surface area contributed by atoms with Crippen LogP contribution in [0.5, 0.6) is 0 Å². The third-order valence-electron chi connectivity index (χ3n) is 1.96. The van der Waals surface area contributed by atoms with Crippen LogP contribution in [0.15, 0.2) is 0 Å². The molecule has 2 heterocycles. The largest absolute Gasteiger partial charge is 0.418 e. The Balaban J connectivity index is 2.16. The maximum absolute atomic E-state index is 11.0. The summed E-state index contributed by atoms with van der Waals surface area (Å²) in [5, 5.41) is 0. The fraction of sp³-hybridized carbons (Fsp3) is 0.429. The Labute approximate surface area is 77.6 Å². The van der Waals surface area contributed by atoms with Crippen molar-refractivity contribution < 1.29 is 28.7 Å². The van der Waals surface area contributed by atoms with Crippen LogP contribution in [0.4, 0.5) is 4.79 Å². The standard InChI is InChI=1S/C7H5NO6/c9-4-1-3(6(11)13-4)8-2-5(10)14-7(8)12/h3H,1-2H2.